The molecule has 0 aromatic carbocycles. The van der Waals surface area contributed by atoms with Gasteiger partial charge in [-0.3, -0.25) is 0 Å². The van der Waals surface area contributed by atoms with E-state index in [1.807, 2.05) is 0 Å². The van der Waals surface area contributed by atoms with Gasteiger partial charge in [0.05, 0.1) is 22.7 Å². The molecule has 2 rings (SSSR count). The summed E-state index contributed by atoms with van der Waals surface area (Å²) >= 11 is 1.29. The number of halogens is 2. The Morgan fingerprint density at radius 2 is 2.15 bits per heavy atom. The maximum atomic E-state index is 12.6. The lowest BCUT2D eigenvalue weighted by Crippen LogP contribution is -2.11. The molecule has 0 unspecified atom stereocenters. The van der Waals surface area contributed by atoms with Gasteiger partial charge in [0, 0.05) is 0 Å². The Morgan fingerprint density at radius 1 is 1.45 bits per heavy atom. The molecule has 9 heteroatoms. The molecule has 0 saturated heterocycles. The van der Waals surface area contributed by atoms with Crippen LogP contribution in [0.1, 0.15) is 21.2 Å². The van der Waals surface area contributed by atoms with Crippen molar-refractivity contribution >= 4 is 17.3 Å². The second-order valence-corrected chi connectivity index (χ2v) is 5.20. The predicted octanol–water partition coefficient (Wildman–Crippen LogP) is 2.07. The molecule has 0 radical (unpaired) electrons. The van der Waals surface area contributed by atoms with Gasteiger partial charge in [-0.2, -0.15) is 0 Å². The summed E-state index contributed by atoms with van der Waals surface area (Å²) < 4.78 is 30.8. The topological polar surface area (TPSA) is 69.9 Å². The van der Waals surface area contributed by atoms with Crippen LogP contribution in [0.5, 0.6) is 0 Å². The quantitative estimate of drug-likeness (QED) is 0.809. The molecule has 0 aliphatic carbocycles. The van der Waals surface area contributed by atoms with Gasteiger partial charge in [0.1, 0.15) is 12.2 Å². The lowest BCUT2D eigenvalue weighted by Gasteiger charge is -2.05. The van der Waals surface area contributed by atoms with E-state index < -0.39 is 18.9 Å². The van der Waals surface area contributed by atoms with Gasteiger partial charge >= 0.3 is 5.97 Å². The number of methoxy groups -OCH3 is 1. The van der Waals surface area contributed by atoms with Crippen LogP contribution in [0.25, 0.3) is 10.6 Å². The van der Waals surface area contributed by atoms with Crippen LogP contribution >= 0.6 is 11.3 Å². The summed E-state index contributed by atoms with van der Waals surface area (Å²) in [5.74, 6) is -0.717. The second kappa shape index (κ2) is 5.61. The van der Waals surface area contributed by atoms with E-state index in [1.165, 1.54) is 18.4 Å². The Bertz CT molecular complexity index is 638. The summed E-state index contributed by atoms with van der Waals surface area (Å²) in [5, 5.41) is 8.03. The van der Waals surface area contributed by atoms with Gasteiger partial charge in [-0.1, -0.05) is 5.21 Å². The number of rotatable bonds is 4. The van der Waals surface area contributed by atoms with Crippen LogP contribution in [0.15, 0.2) is 0 Å². The van der Waals surface area contributed by atoms with E-state index in [-0.39, 0.29) is 11.4 Å². The van der Waals surface area contributed by atoms with Crippen molar-refractivity contribution in [2.24, 2.45) is 0 Å². The van der Waals surface area contributed by atoms with Gasteiger partial charge < -0.3 is 4.74 Å². The minimum Gasteiger partial charge on any atom is -0.464 e. The van der Waals surface area contributed by atoms with Crippen LogP contribution in [0.3, 0.4) is 0 Å². The lowest BCUT2D eigenvalue weighted by molar-refractivity contribution is 0.0594. The summed E-state index contributed by atoms with van der Waals surface area (Å²) in [4.78, 5) is 16.5. The molecule has 0 aliphatic rings. The molecule has 20 heavy (non-hydrogen) atoms. The number of carbonyl (C=O) groups is 1. The highest BCUT2D eigenvalue weighted by atomic mass is 32.1. The van der Waals surface area contributed by atoms with Crippen molar-refractivity contribution in [3.05, 3.63) is 16.4 Å². The third-order valence-electron chi connectivity index (χ3n) is 2.54. The van der Waals surface area contributed by atoms with Gasteiger partial charge in [0.2, 0.25) is 0 Å². The Kier molecular flexibility index (Phi) is 4.07. The fourth-order valence-corrected chi connectivity index (χ4v) is 2.75. The summed E-state index contributed by atoms with van der Waals surface area (Å²) in [7, 11) is 1.20. The zero-order chi connectivity index (χ0) is 14.9. The number of thiazole rings is 1. The molecule has 0 atom stereocenters. The molecular weight excluding hydrogens is 290 g/mol. The molecule has 0 saturated carbocycles. The van der Waals surface area contributed by atoms with E-state index in [1.54, 1.807) is 13.8 Å². The third-order valence-corrected chi connectivity index (χ3v) is 3.62. The molecule has 6 nitrogen and oxygen atoms in total. The van der Waals surface area contributed by atoms with E-state index in [0.717, 1.165) is 9.69 Å². The fourth-order valence-electron chi connectivity index (χ4n) is 1.78. The minimum atomic E-state index is -2.60. The highest BCUT2D eigenvalue weighted by molar-refractivity contribution is 7.15. The average Bonchev–Trinajstić information content (AvgIpc) is 2.91. The Labute approximate surface area is 117 Å². The van der Waals surface area contributed by atoms with Gasteiger partial charge in [0.25, 0.3) is 6.43 Å². The van der Waals surface area contributed by atoms with Crippen LogP contribution in [-0.2, 0) is 11.3 Å². The van der Waals surface area contributed by atoms with Gasteiger partial charge in [0.15, 0.2) is 5.69 Å². The average molecular weight is 302 g/mol. The van der Waals surface area contributed by atoms with Crippen molar-refractivity contribution < 1.29 is 18.3 Å². The zero-order valence-electron chi connectivity index (χ0n) is 11.1. The van der Waals surface area contributed by atoms with Gasteiger partial charge in [-0.05, 0) is 13.8 Å². The largest absolute Gasteiger partial charge is 0.464 e. The number of nitrogens with zero attached hydrogens (tertiary/aromatic N) is 4. The molecule has 2 aromatic rings. The van der Waals surface area contributed by atoms with Crippen LogP contribution in [0.4, 0.5) is 8.78 Å². The highest BCUT2D eigenvalue weighted by Crippen LogP contribution is 2.32. The van der Waals surface area contributed by atoms with Crippen LogP contribution in [0.2, 0.25) is 0 Å². The van der Waals surface area contributed by atoms with Crippen molar-refractivity contribution in [1.29, 1.82) is 0 Å². The zero-order valence-corrected chi connectivity index (χ0v) is 11.9. The predicted molar refractivity (Wildman–Crippen MR) is 67.9 cm³/mol. The molecule has 0 amide bonds. The van der Waals surface area contributed by atoms with Crippen molar-refractivity contribution in [3.63, 3.8) is 0 Å². The van der Waals surface area contributed by atoms with Crippen LogP contribution in [-0.4, -0.2) is 39.5 Å². The molecule has 0 N–H and O–H groups in total. The number of alkyl halides is 2. The first kappa shape index (κ1) is 14.5. The third kappa shape index (κ3) is 2.67. The van der Waals surface area contributed by atoms with Gasteiger partial charge in [-0.25, -0.2) is 23.2 Å². The molecule has 2 heterocycles. The normalized spacial score (nSPS) is 11.1. The van der Waals surface area contributed by atoms with Gasteiger partial charge in [-0.15, -0.1) is 16.4 Å². The summed E-state index contributed by atoms with van der Waals surface area (Å²) in [6.07, 6.45) is -2.60. The number of esters is 1. The molecule has 108 valence electrons. The van der Waals surface area contributed by atoms with Crippen molar-refractivity contribution in [2.45, 2.75) is 26.8 Å². The Morgan fingerprint density at radius 3 is 2.65 bits per heavy atom. The Hall–Kier alpha value is -1.90. The minimum absolute atomic E-state index is 0.0834. The first-order valence-electron chi connectivity index (χ1n) is 5.68. The lowest BCUT2D eigenvalue weighted by atomic mass is 10.2. The number of aromatic nitrogens is 4. The van der Waals surface area contributed by atoms with Crippen LogP contribution < -0.4 is 0 Å². The number of aryl methyl sites for hydroxylation is 2. The summed E-state index contributed by atoms with van der Waals surface area (Å²) in [6, 6.07) is 0. The number of hydrogen-bond acceptors (Lipinski definition) is 6. The monoisotopic (exact) mass is 302 g/mol. The molecule has 0 spiro atoms. The molecule has 0 aliphatic heterocycles. The molecule has 2 aromatic heterocycles. The van der Waals surface area contributed by atoms with E-state index >= 15 is 0 Å². The summed E-state index contributed by atoms with van der Waals surface area (Å²) in [5.41, 5.74) is 0.774. The second-order valence-electron chi connectivity index (χ2n) is 4.00. The highest BCUT2D eigenvalue weighted by Gasteiger charge is 2.26. The summed E-state index contributed by atoms with van der Waals surface area (Å²) in [6.45, 7) is 2.88. The Balaban J connectivity index is 2.60. The maximum absolute atomic E-state index is 12.6. The molecular formula is C11H12F2N4O2S. The fraction of sp³-hybridized carbons (Fsp3) is 0.455. The van der Waals surface area contributed by atoms with E-state index in [0.29, 0.717) is 10.6 Å². The maximum Gasteiger partial charge on any atom is 0.360 e. The first-order chi connectivity index (χ1) is 9.43. The smallest absolute Gasteiger partial charge is 0.360 e. The number of carbonyl (C=O) groups excluding carboxylic acids is 1. The van der Waals surface area contributed by atoms with Crippen molar-refractivity contribution in [1.82, 2.24) is 20.0 Å². The van der Waals surface area contributed by atoms with E-state index in [9.17, 15) is 13.6 Å². The number of hydrogen-bond donors (Lipinski definition) is 0. The van der Waals surface area contributed by atoms with Crippen LogP contribution in [0, 0.1) is 13.8 Å². The van der Waals surface area contributed by atoms with Crippen molar-refractivity contribution in [2.75, 3.05) is 7.11 Å². The first-order valence-corrected chi connectivity index (χ1v) is 6.50. The molecule has 0 bridgehead atoms. The number of ether oxygens (including phenoxy) is 1. The standard InChI is InChI=1S/C11H12F2N4O2S/c1-5-10(20-6(2)14-5)9-8(11(18)19-3)15-16-17(9)4-7(12)13/h7H,4H2,1-3H3. The SMILES string of the molecule is COC(=O)c1nnn(CC(F)F)c1-c1sc(C)nc1C. The van der Waals surface area contributed by atoms with E-state index in [2.05, 4.69) is 20.0 Å². The van der Waals surface area contributed by atoms with E-state index in [4.69, 9.17) is 0 Å². The molecule has 0 fully saturated rings. The van der Waals surface area contributed by atoms with Crippen molar-refractivity contribution in [3.8, 4) is 10.6 Å².